The molecule has 0 amide bonds. The minimum Gasteiger partial charge on any atom is -0.463 e. The van der Waals surface area contributed by atoms with Gasteiger partial charge in [-0.1, -0.05) is 43.3 Å². The van der Waals surface area contributed by atoms with Gasteiger partial charge in [0.25, 0.3) is 0 Å². The van der Waals surface area contributed by atoms with E-state index in [1.165, 1.54) is 21.8 Å². The highest BCUT2D eigenvalue weighted by Gasteiger charge is 2.23. The lowest BCUT2D eigenvalue weighted by atomic mass is 9.98. The van der Waals surface area contributed by atoms with Gasteiger partial charge < -0.3 is 14.4 Å². The maximum Gasteiger partial charge on any atom is 0.309 e. The lowest BCUT2D eigenvalue weighted by Gasteiger charge is -2.21. The number of hydrogen-bond donors (Lipinski definition) is 1. The van der Waals surface area contributed by atoms with Crippen molar-refractivity contribution in [3.05, 3.63) is 48.5 Å². The van der Waals surface area contributed by atoms with Gasteiger partial charge in [-0.2, -0.15) is 0 Å². The molecule has 1 N–H and O–H groups in total. The molecule has 3 aromatic rings. The fraction of sp³-hybridized carbons (Fsp3) is 0.381. The predicted molar refractivity (Wildman–Crippen MR) is 101 cm³/mol. The van der Waals surface area contributed by atoms with E-state index in [9.17, 15) is 4.79 Å². The number of esters is 1. The smallest absolute Gasteiger partial charge is 0.309 e. The summed E-state index contributed by atoms with van der Waals surface area (Å²) in [6.45, 7) is 4.09. The molecule has 0 fully saturated rings. The maximum absolute atomic E-state index is 12.2. The molecule has 0 spiro atoms. The van der Waals surface area contributed by atoms with Crippen LogP contribution in [0.4, 0.5) is 0 Å². The van der Waals surface area contributed by atoms with E-state index < -0.39 is 0 Å². The van der Waals surface area contributed by atoms with E-state index >= 15 is 0 Å². The molecule has 2 unspecified atom stereocenters. The van der Waals surface area contributed by atoms with Crippen molar-refractivity contribution in [2.24, 2.45) is 5.92 Å². The van der Waals surface area contributed by atoms with Crippen LogP contribution in [0.3, 0.4) is 0 Å². The van der Waals surface area contributed by atoms with E-state index in [1.807, 2.05) is 6.92 Å². The van der Waals surface area contributed by atoms with Crippen molar-refractivity contribution in [1.82, 2.24) is 4.57 Å². The normalized spacial score (nSPS) is 13.9. The summed E-state index contributed by atoms with van der Waals surface area (Å²) >= 11 is 0. The molecule has 4 nitrogen and oxygen atoms in total. The Morgan fingerprint density at radius 2 is 1.64 bits per heavy atom. The molecule has 0 saturated carbocycles. The zero-order valence-corrected chi connectivity index (χ0v) is 14.8. The lowest BCUT2D eigenvalue weighted by Crippen LogP contribution is -2.22. The Balaban J connectivity index is 1.95. The van der Waals surface area contributed by atoms with Crippen LogP contribution in [0, 0.1) is 5.92 Å². The lowest BCUT2D eigenvalue weighted by molar-refractivity contribution is -0.150. The minimum atomic E-state index is -0.218. The molecule has 0 aliphatic carbocycles. The van der Waals surface area contributed by atoms with Crippen molar-refractivity contribution >= 4 is 27.8 Å². The van der Waals surface area contributed by atoms with E-state index in [0.717, 1.165) is 6.42 Å². The number of ether oxygens (including phenoxy) is 1. The molecule has 2 atom stereocenters. The van der Waals surface area contributed by atoms with Crippen LogP contribution in [0.5, 0.6) is 0 Å². The van der Waals surface area contributed by atoms with Gasteiger partial charge in [-0.05, 0) is 31.9 Å². The standard InChI is InChI=1S/C21H25NO3/c1-3-16(21(24)25-13-12-23)14-15(2)22-19-10-6-4-8-17(19)18-9-5-7-11-20(18)22/h4-11,15-16,23H,3,12-14H2,1-2H3. The van der Waals surface area contributed by atoms with Gasteiger partial charge in [-0.3, -0.25) is 4.79 Å². The number of nitrogens with zero attached hydrogens (tertiary/aromatic N) is 1. The molecule has 0 aliphatic rings. The van der Waals surface area contributed by atoms with E-state index in [2.05, 4.69) is 60.0 Å². The first-order valence-electron chi connectivity index (χ1n) is 8.92. The van der Waals surface area contributed by atoms with Gasteiger partial charge in [0.1, 0.15) is 6.61 Å². The van der Waals surface area contributed by atoms with Crippen LogP contribution in [0.2, 0.25) is 0 Å². The Morgan fingerprint density at radius 3 is 2.16 bits per heavy atom. The first-order chi connectivity index (χ1) is 12.2. The molecule has 2 aromatic carbocycles. The quantitative estimate of drug-likeness (QED) is 0.653. The van der Waals surface area contributed by atoms with Crippen molar-refractivity contribution < 1.29 is 14.6 Å². The molecule has 4 heteroatoms. The van der Waals surface area contributed by atoms with Crippen molar-refractivity contribution in [3.8, 4) is 0 Å². The van der Waals surface area contributed by atoms with Crippen LogP contribution < -0.4 is 0 Å². The van der Waals surface area contributed by atoms with Crippen molar-refractivity contribution in [3.63, 3.8) is 0 Å². The van der Waals surface area contributed by atoms with Crippen LogP contribution in [0.1, 0.15) is 32.7 Å². The summed E-state index contributed by atoms with van der Waals surface area (Å²) in [7, 11) is 0. The number of aromatic nitrogens is 1. The van der Waals surface area contributed by atoms with Gasteiger partial charge in [0.2, 0.25) is 0 Å². The molecule has 0 aliphatic heterocycles. The minimum absolute atomic E-state index is 0.0685. The molecule has 0 bridgehead atoms. The third kappa shape index (κ3) is 3.40. The Morgan fingerprint density at radius 1 is 1.08 bits per heavy atom. The average Bonchev–Trinajstić information content (AvgIpc) is 2.98. The average molecular weight is 339 g/mol. The van der Waals surface area contributed by atoms with Crippen LogP contribution in [-0.4, -0.2) is 28.9 Å². The van der Waals surface area contributed by atoms with Gasteiger partial charge >= 0.3 is 5.97 Å². The first-order valence-corrected chi connectivity index (χ1v) is 8.92. The number of carbonyl (C=O) groups is 1. The molecular formula is C21H25NO3. The number of carbonyl (C=O) groups excluding carboxylic acids is 1. The third-order valence-corrected chi connectivity index (χ3v) is 4.85. The SMILES string of the molecule is CCC(CC(C)n1c2ccccc2c2ccccc21)C(=O)OCCO. The maximum atomic E-state index is 12.2. The number of aliphatic hydroxyl groups is 1. The van der Waals surface area contributed by atoms with Gasteiger partial charge in [-0.15, -0.1) is 0 Å². The Hall–Kier alpha value is -2.33. The Bertz CT molecular complexity index is 815. The molecular weight excluding hydrogens is 314 g/mol. The van der Waals surface area contributed by atoms with Gasteiger partial charge in [-0.25, -0.2) is 0 Å². The van der Waals surface area contributed by atoms with E-state index in [4.69, 9.17) is 9.84 Å². The van der Waals surface area contributed by atoms with Gasteiger partial charge in [0.15, 0.2) is 0 Å². The van der Waals surface area contributed by atoms with Crippen LogP contribution >= 0.6 is 0 Å². The van der Waals surface area contributed by atoms with E-state index in [1.54, 1.807) is 0 Å². The third-order valence-electron chi connectivity index (χ3n) is 4.85. The largest absolute Gasteiger partial charge is 0.463 e. The number of fused-ring (bicyclic) bond motifs is 3. The van der Waals surface area contributed by atoms with Gasteiger partial charge in [0.05, 0.1) is 12.5 Å². The Labute approximate surface area is 148 Å². The molecule has 0 radical (unpaired) electrons. The van der Waals surface area contributed by atoms with Crippen LogP contribution in [-0.2, 0) is 9.53 Å². The zero-order chi connectivity index (χ0) is 17.8. The highest BCUT2D eigenvalue weighted by Crippen LogP contribution is 2.34. The highest BCUT2D eigenvalue weighted by atomic mass is 16.5. The fourth-order valence-electron chi connectivity index (χ4n) is 3.64. The van der Waals surface area contributed by atoms with Gasteiger partial charge in [0, 0.05) is 27.8 Å². The Kier molecular flexibility index (Phi) is 5.39. The van der Waals surface area contributed by atoms with E-state index in [0.29, 0.717) is 6.42 Å². The number of benzene rings is 2. The number of hydrogen-bond acceptors (Lipinski definition) is 3. The number of rotatable bonds is 7. The second-order valence-electron chi connectivity index (χ2n) is 6.49. The van der Waals surface area contributed by atoms with Crippen molar-refractivity contribution in [1.29, 1.82) is 0 Å². The first kappa shape index (κ1) is 17.5. The number of para-hydroxylation sites is 2. The van der Waals surface area contributed by atoms with Crippen molar-refractivity contribution in [2.45, 2.75) is 32.7 Å². The summed E-state index contributed by atoms with van der Waals surface area (Å²) in [5.41, 5.74) is 2.38. The number of aliphatic hydroxyl groups excluding tert-OH is 1. The van der Waals surface area contributed by atoms with Crippen LogP contribution in [0.15, 0.2) is 48.5 Å². The molecule has 1 aromatic heterocycles. The summed E-state index contributed by atoms with van der Waals surface area (Å²) in [6.07, 6.45) is 1.44. The summed E-state index contributed by atoms with van der Waals surface area (Å²) in [4.78, 5) is 12.2. The van der Waals surface area contributed by atoms with Crippen molar-refractivity contribution in [2.75, 3.05) is 13.2 Å². The monoisotopic (exact) mass is 339 g/mol. The second-order valence-corrected chi connectivity index (χ2v) is 6.49. The summed E-state index contributed by atoms with van der Waals surface area (Å²) < 4.78 is 7.47. The molecule has 3 rings (SSSR count). The molecule has 132 valence electrons. The van der Waals surface area contributed by atoms with E-state index in [-0.39, 0.29) is 31.1 Å². The van der Waals surface area contributed by atoms with Crippen LogP contribution in [0.25, 0.3) is 21.8 Å². The summed E-state index contributed by atoms with van der Waals surface area (Å²) in [5, 5.41) is 11.3. The summed E-state index contributed by atoms with van der Waals surface area (Å²) in [6, 6.07) is 17.0. The molecule has 0 saturated heterocycles. The highest BCUT2D eigenvalue weighted by molar-refractivity contribution is 6.08. The molecule has 1 heterocycles. The summed E-state index contributed by atoms with van der Waals surface area (Å²) in [5.74, 6) is -0.384. The topological polar surface area (TPSA) is 51.5 Å². The predicted octanol–water partition coefficient (Wildman–Crippen LogP) is 4.31. The second kappa shape index (κ2) is 7.70. The fourth-order valence-corrected chi connectivity index (χ4v) is 3.64. The zero-order valence-electron chi connectivity index (χ0n) is 14.8. The molecule has 25 heavy (non-hydrogen) atoms.